The van der Waals surface area contributed by atoms with E-state index in [2.05, 4.69) is 22.4 Å². The molecule has 0 spiro atoms. The van der Waals surface area contributed by atoms with Crippen LogP contribution in [0.1, 0.15) is 23.6 Å². The van der Waals surface area contributed by atoms with E-state index in [-0.39, 0.29) is 5.91 Å². The number of benzene rings is 3. The number of rotatable bonds is 4. The molecular formula is C24H22N2O2S. The summed E-state index contributed by atoms with van der Waals surface area (Å²) in [6.07, 6.45) is 1.90. The Balaban J connectivity index is 1.73. The Morgan fingerprint density at radius 1 is 1.07 bits per heavy atom. The normalized spacial score (nSPS) is 16.6. The quantitative estimate of drug-likeness (QED) is 0.566. The van der Waals surface area contributed by atoms with E-state index in [4.69, 9.17) is 4.74 Å². The second-order valence-corrected chi connectivity index (χ2v) is 7.99. The van der Waals surface area contributed by atoms with Crippen LogP contribution in [-0.4, -0.2) is 17.7 Å². The zero-order chi connectivity index (χ0) is 20.4. The largest absolute Gasteiger partial charge is 0.493 e. The minimum absolute atomic E-state index is 0.145. The lowest BCUT2D eigenvalue weighted by molar-refractivity contribution is -0.115. The second-order valence-electron chi connectivity index (χ2n) is 6.96. The molecule has 4 rings (SSSR count). The van der Waals surface area contributed by atoms with Gasteiger partial charge in [0.15, 0.2) is 5.17 Å². The summed E-state index contributed by atoms with van der Waals surface area (Å²) < 4.78 is 5.82. The van der Waals surface area contributed by atoms with E-state index in [1.54, 1.807) is 0 Å². The van der Waals surface area contributed by atoms with Gasteiger partial charge < -0.3 is 10.1 Å². The minimum Gasteiger partial charge on any atom is -0.493 e. The molecule has 29 heavy (non-hydrogen) atoms. The van der Waals surface area contributed by atoms with E-state index in [0.717, 1.165) is 38.9 Å². The maximum atomic E-state index is 12.6. The van der Waals surface area contributed by atoms with Gasteiger partial charge in [-0.05, 0) is 78.7 Å². The number of aryl methyl sites for hydroxylation is 2. The number of amidine groups is 1. The molecule has 1 heterocycles. The van der Waals surface area contributed by atoms with Crippen LogP contribution in [0, 0.1) is 13.8 Å². The van der Waals surface area contributed by atoms with Crippen LogP contribution in [0.5, 0.6) is 5.75 Å². The lowest BCUT2D eigenvalue weighted by Crippen LogP contribution is -2.19. The van der Waals surface area contributed by atoms with Crippen LogP contribution in [0.15, 0.2) is 64.5 Å². The van der Waals surface area contributed by atoms with E-state index < -0.39 is 0 Å². The Bertz CT molecular complexity index is 1140. The van der Waals surface area contributed by atoms with E-state index in [0.29, 0.717) is 16.7 Å². The lowest BCUT2D eigenvalue weighted by Gasteiger charge is -2.11. The third kappa shape index (κ3) is 4.20. The van der Waals surface area contributed by atoms with Gasteiger partial charge in [0.25, 0.3) is 5.91 Å². The first-order valence-electron chi connectivity index (χ1n) is 9.56. The van der Waals surface area contributed by atoms with Crippen LogP contribution in [0.3, 0.4) is 0 Å². The van der Waals surface area contributed by atoms with Gasteiger partial charge >= 0.3 is 0 Å². The van der Waals surface area contributed by atoms with Crippen molar-refractivity contribution in [2.75, 3.05) is 6.61 Å². The first-order valence-corrected chi connectivity index (χ1v) is 10.4. The second kappa shape index (κ2) is 8.13. The summed E-state index contributed by atoms with van der Waals surface area (Å²) in [5.41, 5.74) is 4.04. The first kappa shape index (κ1) is 19.3. The molecule has 0 radical (unpaired) electrons. The predicted molar refractivity (Wildman–Crippen MR) is 122 cm³/mol. The number of hydrogen-bond acceptors (Lipinski definition) is 4. The molecule has 3 aromatic carbocycles. The summed E-state index contributed by atoms with van der Waals surface area (Å²) in [7, 11) is 0. The van der Waals surface area contributed by atoms with Crippen LogP contribution >= 0.6 is 11.8 Å². The number of carbonyl (C=O) groups is 1. The molecule has 1 fully saturated rings. The smallest absolute Gasteiger partial charge is 0.264 e. The standard InChI is InChI=1S/C24H22N2O2S/c1-4-28-21-10-9-17-7-5-6-8-19(17)20(21)14-22-23(27)26-24(29-22)25-18-12-15(2)11-16(3)13-18/h5-14H,4H2,1-3H3,(H,25,26,27)/b22-14-. The van der Waals surface area contributed by atoms with Crippen molar-refractivity contribution < 1.29 is 9.53 Å². The van der Waals surface area contributed by atoms with Gasteiger partial charge in [-0.1, -0.05) is 36.4 Å². The number of amides is 1. The Morgan fingerprint density at radius 3 is 2.59 bits per heavy atom. The van der Waals surface area contributed by atoms with Crippen molar-refractivity contribution in [1.29, 1.82) is 0 Å². The highest BCUT2D eigenvalue weighted by Gasteiger charge is 2.24. The number of ether oxygens (including phenoxy) is 1. The van der Waals surface area contributed by atoms with Gasteiger partial charge in [-0.15, -0.1) is 0 Å². The van der Waals surface area contributed by atoms with E-state index in [9.17, 15) is 4.79 Å². The van der Waals surface area contributed by atoms with Gasteiger partial charge in [-0.3, -0.25) is 4.79 Å². The molecule has 0 unspecified atom stereocenters. The van der Waals surface area contributed by atoms with Crippen LogP contribution in [0.25, 0.3) is 16.8 Å². The number of nitrogens with zero attached hydrogens (tertiary/aromatic N) is 1. The Labute approximate surface area is 174 Å². The predicted octanol–water partition coefficient (Wildman–Crippen LogP) is 5.75. The van der Waals surface area contributed by atoms with Crippen LogP contribution in [-0.2, 0) is 4.79 Å². The Hall–Kier alpha value is -3.05. The van der Waals surface area contributed by atoms with Crippen molar-refractivity contribution >= 4 is 45.4 Å². The highest BCUT2D eigenvalue weighted by molar-refractivity contribution is 8.18. The van der Waals surface area contributed by atoms with Crippen molar-refractivity contribution in [3.05, 3.63) is 76.2 Å². The van der Waals surface area contributed by atoms with Crippen LogP contribution in [0.4, 0.5) is 5.69 Å². The van der Waals surface area contributed by atoms with Gasteiger partial charge in [-0.2, -0.15) is 0 Å². The fourth-order valence-electron chi connectivity index (χ4n) is 3.45. The average molecular weight is 403 g/mol. The number of fused-ring (bicyclic) bond motifs is 1. The summed E-state index contributed by atoms with van der Waals surface area (Å²) in [4.78, 5) is 17.8. The molecule has 1 aliphatic heterocycles. The molecule has 0 aromatic heterocycles. The summed E-state index contributed by atoms with van der Waals surface area (Å²) in [6, 6.07) is 18.2. The van der Waals surface area contributed by atoms with Gasteiger partial charge in [0, 0.05) is 5.56 Å². The highest BCUT2D eigenvalue weighted by Crippen LogP contribution is 2.34. The maximum absolute atomic E-state index is 12.6. The van der Waals surface area contributed by atoms with Gasteiger partial charge in [-0.25, -0.2) is 4.99 Å². The molecule has 5 heteroatoms. The third-order valence-corrected chi connectivity index (χ3v) is 5.50. The van der Waals surface area contributed by atoms with Crippen molar-refractivity contribution in [3.8, 4) is 5.75 Å². The molecule has 1 amide bonds. The molecular weight excluding hydrogens is 380 g/mol. The summed E-state index contributed by atoms with van der Waals surface area (Å²) in [6.45, 7) is 6.60. The average Bonchev–Trinajstić information content (AvgIpc) is 3.01. The lowest BCUT2D eigenvalue weighted by atomic mass is 10.0. The zero-order valence-corrected chi connectivity index (χ0v) is 17.5. The fraction of sp³-hybridized carbons (Fsp3) is 0.167. The minimum atomic E-state index is -0.145. The number of carbonyl (C=O) groups excluding carboxylic acids is 1. The SMILES string of the molecule is CCOc1ccc2ccccc2c1/C=C1\SC(=Nc2cc(C)cc(C)c2)NC1=O. The topological polar surface area (TPSA) is 50.7 Å². The number of nitrogens with one attached hydrogen (secondary N) is 1. The van der Waals surface area contributed by atoms with Crippen molar-refractivity contribution in [2.45, 2.75) is 20.8 Å². The summed E-state index contributed by atoms with van der Waals surface area (Å²) in [5.74, 6) is 0.625. The van der Waals surface area contributed by atoms with E-state index in [1.807, 2.05) is 69.3 Å². The molecule has 0 aliphatic carbocycles. The number of aliphatic imine (C=N–C) groups is 1. The molecule has 1 aliphatic rings. The summed E-state index contributed by atoms with van der Waals surface area (Å²) in [5, 5.41) is 5.62. The van der Waals surface area contributed by atoms with Gasteiger partial charge in [0.05, 0.1) is 17.2 Å². The molecule has 3 aromatic rings. The monoisotopic (exact) mass is 402 g/mol. The van der Waals surface area contributed by atoms with Crippen molar-refractivity contribution in [2.24, 2.45) is 4.99 Å². The Kier molecular flexibility index (Phi) is 5.41. The van der Waals surface area contributed by atoms with E-state index >= 15 is 0 Å². The van der Waals surface area contributed by atoms with Crippen molar-refractivity contribution in [1.82, 2.24) is 5.32 Å². The highest BCUT2D eigenvalue weighted by atomic mass is 32.2. The van der Waals surface area contributed by atoms with Gasteiger partial charge in [0.2, 0.25) is 0 Å². The molecule has 0 atom stereocenters. The molecule has 0 bridgehead atoms. The maximum Gasteiger partial charge on any atom is 0.264 e. The van der Waals surface area contributed by atoms with Crippen molar-refractivity contribution in [3.63, 3.8) is 0 Å². The zero-order valence-electron chi connectivity index (χ0n) is 16.7. The fourth-order valence-corrected chi connectivity index (χ4v) is 4.27. The number of hydrogen-bond donors (Lipinski definition) is 1. The van der Waals surface area contributed by atoms with Gasteiger partial charge in [0.1, 0.15) is 5.75 Å². The number of thioether (sulfide) groups is 1. The molecule has 146 valence electrons. The molecule has 4 nitrogen and oxygen atoms in total. The Morgan fingerprint density at radius 2 is 1.83 bits per heavy atom. The first-order chi connectivity index (χ1) is 14.0. The van der Waals surface area contributed by atoms with E-state index in [1.165, 1.54) is 11.8 Å². The molecule has 1 saturated heterocycles. The summed E-state index contributed by atoms with van der Waals surface area (Å²) >= 11 is 1.35. The molecule has 1 N–H and O–H groups in total. The third-order valence-electron chi connectivity index (χ3n) is 4.59. The van der Waals surface area contributed by atoms with Crippen LogP contribution in [0.2, 0.25) is 0 Å². The molecule has 0 saturated carbocycles. The van der Waals surface area contributed by atoms with Crippen LogP contribution < -0.4 is 10.1 Å².